The summed E-state index contributed by atoms with van der Waals surface area (Å²) < 4.78 is 5.01. The lowest BCUT2D eigenvalue weighted by molar-refractivity contribution is -0.124. The number of hydrogen-bond donors (Lipinski definition) is 3. The number of methoxy groups -OCH3 is 1. The first-order valence-electron chi connectivity index (χ1n) is 7.82. The number of amides is 2. The number of thioether (sulfide) groups is 1. The second kappa shape index (κ2) is 7.92. The zero-order valence-corrected chi connectivity index (χ0v) is 14.7. The van der Waals surface area contributed by atoms with E-state index in [0.29, 0.717) is 11.3 Å². The average molecular weight is 371 g/mol. The lowest BCUT2D eigenvalue weighted by Crippen LogP contribution is -2.33. The van der Waals surface area contributed by atoms with Crippen molar-refractivity contribution in [2.24, 2.45) is 5.10 Å². The molecule has 0 saturated heterocycles. The van der Waals surface area contributed by atoms with E-state index in [1.807, 2.05) is 24.3 Å². The number of hydrazone groups is 1. The molecular formula is C18H17N3O4S. The fourth-order valence-corrected chi connectivity index (χ4v) is 3.50. The van der Waals surface area contributed by atoms with E-state index in [-0.39, 0.29) is 24.0 Å². The molecular weight excluding hydrogens is 354 g/mol. The van der Waals surface area contributed by atoms with Gasteiger partial charge in [-0.1, -0.05) is 12.1 Å². The smallest absolute Gasteiger partial charge is 0.241 e. The summed E-state index contributed by atoms with van der Waals surface area (Å²) in [7, 11) is 1.45. The van der Waals surface area contributed by atoms with Crippen LogP contribution >= 0.6 is 11.8 Å². The van der Waals surface area contributed by atoms with Gasteiger partial charge in [0.15, 0.2) is 11.5 Å². The number of carbonyl (C=O) groups excluding carboxylic acids is 2. The van der Waals surface area contributed by atoms with Gasteiger partial charge in [-0.05, 0) is 35.9 Å². The van der Waals surface area contributed by atoms with Gasteiger partial charge in [-0.25, -0.2) is 5.43 Å². The van der Waals surface area contributed by atoms with Crippen molar-refractivity contribution in [3.63, 3.8) is 0 Å². The maximum atomic E-state index is 12.1. The Morgan fingerprint density at radius 1 is 1.38 bits per heavy atom. The van der Waals surface area contributed by atoms with E-state index in [4.69, 9.17) is 4.74 Å². The highest BCUT2D eigenvalue weighted by Crippen LogP contribution is 2.36. The number of anilines is 1. The second-order valence-electron chi connectivity index (χ2n) is 5.52. The Bertz CT molecular complexity index is 869. The van der Waals surface area contributed by atoms with Crippen molar-refractivity contribution in [2.75, 3.05) is 12.4 Å². The molecule has 26 heavy (non-hydrogen) atoms. The zero-order valence-electron chi connectivity index (χ0n) is 13.9. The van der Waals surface area contributed by atoms with Crippen LogP contribution in [0.3, 0.4) is 0 Å². The monoisotopic (exact) mass is 371 g/mol. The standard InChI is InChI=1S/C18H17N3O4S/c1-25-14-8-11(6-7-13(14)22)10-19-21-17(23)9-16-18(24)20-12-4-2-3-5-15(12)26-16/h2-8,10,16,22H,9H2,1H3,(H,20,24)(H,21,23)/b19-10+/t16-/m0/s1. The molecule has 0 saturated carbocycles. The third-order valence-electron chi connectivity index (χ3n) is 3.68. The molecule has 1 heterocycles. The number of para-hydroxylation sites is 1. The summed E-state index contributed by atoms with van der Waals surface area (Å²) in [4.78, 5) is 25.1. The largest absolute Gasteiger partial charge is 0.504 e. The third kappa shape index (κ3) is 4.15. The number of nitrogens with zero attached hydrogens (tertiary/aromatic N) is 1. The van der Waals surface area contributed by atoms with Gasteiger partial charge in [-0.2, -0.15) is 5.10 Å². The molecule has 0 fully saturated rings. The Kier molecular flexibility index (Phi) is 5.43. The quantitative estimate of drug-likeness (QED) is 0.553. The lowest BCUT2D eigenvalue weighted by atomic mass is 10.2. The first-order valence-corrected chi connectivity index (χ1v) is 8.70. The summed E-state index contributed by atoms with van der Waals surface area (Å²) in [5.74, 6) is -0.223. The zero-order chi connectivity index (χ0) is 18.5. The van der Waals surface area contributed by atoms with Crippen molar-refractivity contribution < 1.29 is 19.4 Å². The number of rotatable bonds is 5. The molecule has 2 aromatic rings. The van der Waals surface area contributed by atoms with Crippen LogP contribution in [-0.2, 0) is 9.59 Å². The van der Waals surface area contributed by atoms with Crippen LogP contribution in [0, 0.1) is 0 Å². The number of nitrogens with one attached hydrogen (secondary N) is 2. The highest BCUT2D eigenvalue weighted by atomic mass is 32.2. The van der Waals surface area contributed by atoms with Crippen molar-refractivity contribution in [1.29, 1.82) is 0 Å². The molecule has 0 aliphatic carbocycles. The molecule has 2 amide bonds. The summed E-state index contributed by atoms with van der Waals surface area (Å²) in [6.45, 7) is 0. The van der Waals surface area contributed by atoms with Crippen LogP contribution in [-0.4, -0.2) is 35.5 Å². The maximum Gasteiger partial charge on any atom is 0.241 e. The van der Waals surface area contributed by atoms with Crippen molar-refractivity contribution in [3.8, 4) is 11.5 Å². The van der Waals surface area contributed by atoms with E-state index in [2.05, 4.69) is 15.8 Å². The minimum atomic E-state index is -0.506. The Balaban J connectivity index is 1.57. The van der Waals surface area contributed by atoms with Crippen LogP contribution < -0.4 is 15.5 Å². The van der Waals surface area contributed by atoms with Gasteiger partial charge in [0.2, 0.25) is 11.8 Å². The minimum absolute atomic E-state index is 0.0150. The summed E-state index contributed by atoms with van der Waals surface area (Å²) in [5, 5.41) is 15.7. The van der Waals surface area contributed by atoms with Gasteiger partial charge in [0.05, 0.1) is 24.3 Å². The number of phenolic OH excluding ortho intramolecular Hbond substituents is 1. The third-order valence-corrected chi connectivity index (χ3v) is 4.96. The SMILES string of the molecule is COc1cc(/C=N/NC(=O)C[C@@H]2Sc3ccccc3NC2=O)ccc1O. The summed E-state index contributed by atoms with van der Waals surface area (Å²) in [5.41, 5.74) is 3.82. The molecule has 134 valence electrons. The first-order chi connectivity index (χ1) is 12.6. The van der Waals surface area contributed by atoms with Crippen molar-refractivity contribution in [3.05, 3.63) is 48.0 Å². The fourth-order valence-electron chi connectivity index (χ4n) is 2.39. The summed E-state index contributed by atoms with van der Waals surface area (Å²) in [6, 6.07) is 12.2. The van der Waals surface area contributed by atoms with Crippen molar-refractivity contribution in [2.45, 2.75) is 16.6 Å². The molecule has 1 aliphatic heterocycles. The molecule has 0 spiro atoms. The highest BCUT2D eigenvalue weighted by molar-refractivity contribution is 8.01. The molecule has 0 unspecified atom stereocenters. The molecule has 1 aliphatic rings. The fraction of sp³-hybridized carbons (Fsp3) is 0.167. The molecule has 3 rings (SSSR count). The van der Waals surface area contributed by atoms with Crippen LogP contribution in [0.1, 0.15) is 12.0 Å². The molecule has 3 N–H and O–H groups in total. The highest BCUT2D eigenvalue weighted by Gasteiger charge is 2.28. The number of hydrogen-bond acceptors (Lipinski definition) is 6. The molecule has 0 aromatic heterocycles. The van der Waals surface area contributed by atoms with Crippen LogP contribution in [0.15, 0.2) is 52.5 Å². The van der Waals surface area contributed by atoms with Crippen molar-refractivity contribution >= 4 is 35.5 Å². The second-order valence-corrected chi connectivity index (χ2v) is 6.77. The van der Waals surface area contributed by atoms with Crippen LogP contribution in [0.25, 0.3) is 0 Å². The maximum absolute atomic E-state index is 12.1. The van der Waals surface area contributed by atoms with E-state index in [9.17, 15) is 14.7 Å². The van der Waals surface area contributed by atoms with E-state index < -0.39 is 5.25 Å². The molecule has 7 nitrogen and oxygen atoms in total. The summed E-state index contributed by atoms with van der Waals surface area (Å²) >= 11 is 1.36. The van der Waals surface area contributed by atoms with Gasteiger partial charge in [0.25, 0.3) is 0 Å². The molecule has 1 atom stereocenters. The predicted octanol–water partition coefficient (Wildman–Crippen LogP) is 2.35. The number of ether oxygens (including phenoxy) is 1. The van der Waals surface area contributed by atoms with Gasteiger partial charge < -0.3 is 15.2 Å². The van der Waals surface area contributed by atoms with E-state index in [0.717, 1.165) is 10.6 Å². The van der Waals surface area contributed by atoms with E-state index in [1.54, 1.807) is 12.1 Å². The normalized spacial score (nSPS) is 16.0. The average Bonchev–Trinajstić information content (AvgIpc) is 2.63. The summed E-state index contributed by atoms with van der Waals surface area (Å²) in [6.07, 6.45) is 1.45. The number of benzene rings is 2. The molecule has 0 bridgehead atoms. The number of aromatic hydroxyl groups is 1. The number of carbonyl (C=O) groups is 2. The Labute approximate surface area is 154 Å². The minimum Gasteiger partial charge on any atom is -0.504 e. The molecule has 2 aromatic carbocycles. The molecule has 8 heteroatoms. The van der Waals surface area contributed by atoms with Gasteiger partial charge in [-0.3, -0.25) is 9.59 Å². The topological polar surface area (TPSA) is 100 Å². The Hall–Kier alpha value is -3.00. The van der Waals surface area contributed by atoms with Crippen LogP contribution in [0.2, 0.25) is 0 Å². The van der Waals surface area contributed by atoms with Gasteiger partial charge in [-0.15, -0.1) is 11.8 Å². The van der Waals surface area contributed by atoms with Gasteiger partial charge in [0.1, 0.15) is 0 Å². The molecule has 0 radical (unpaired) electrons. The Morgan fingerprint density at radius 2 is 2.19 bits per heavy atom. The first kappa shape index (κ1) is 17.8. The predicted molar refractivity (Wildman–Crippen MR) is 99.7 cm³/mol. The van der Waals surface area contributed by atoms with Gasteiger partial charge in [0, 0.05) is 11.3 Å². The van der Waals surface area contributed by atoms with Crippen LogP contribution in [0.4, 0.5) is 5.69 Å². The van der Waals surface area contributed by atoms with Crippen LogP contribution in [0.5, 0.6) is 11.5 Å². The van der Waals surface area contributed by atoms with E-state index >= 15 is 0 Å². The van der Waals surface area contributed by atoms with Crippen molar-refractivity contribution in [1.82, 2.24) is 5.43 Å². The van der Waals surface area contributed by atoms with Gasteiger partial charge >= 0.3 is 0 Å². The Morgan fingerprint density at radius 3 is 3.00 bits per heavy atom. The number of phenols is 1. The van der Waals surface area contributed by atoms with E-state index in [1.165, 1.54) is 31.2 Å². The number of fused-ring (bicyclic) bond motifs is 1. The lowest BCUT2D eigenvalue weighted by Gasteiger charge is -2.23.